The van der Waals surface area contributed by atoms with Gasteiger partial charge in [0.2, 0.25) is 5.91 Å². The van der Waals surface area contributed by atoms with Crippen LogP contribution in [0.25, 0.3) is 6.08 Å². The fourth-order valence-corrected chi connectivity index (χ4v) is 3.53. The molecule has 162 valence electrons. The zero-order valence-electron chi connectivity index (χ0n) is 18.2. The maximum Gasteiger partial charge on any atom is 0.255 e. The highest BCUT2D eigenvalue weighted by atomic mass is 16.2. The van der Waals surface area contributed by atoms with Gasteiger partial charge in [-0.1, -0.05) is 44.5 Å². The Kier molecular flexibility index (Phi) is 7.60. The number of hydrogen-bond donors (Lipinski definition) is 2. The first-order valence-corrected chi connectivity index (χ1v) is 10.8. The lowest BCUT2D eigenvalue weighted by Crippen LogP contribution is -2.34. The smallest absolute Gasteiger partial charge is 0.255 e. The van der Waals surface area contributed by atoms with Crippen LogP contribution >= 0.6 is 0 Å². The van der Waals surface area contributed by atoms with E-state index in [1.54, 1.807) is 12.1 Å². The Morgan fingerprint density at radius 2 is 1.84 bits per heavy atom. The SMILES string of the molecule is CCCCN(CCC)C(=O)C1=Cc2ccc(C(=O)Nc3ccccc3)cc2N=C(N)C1. The Balaban J connectivity index is 1.86. The predicted octanol–water partition coefficient (Wildman–Crippen LogP) is 4.75. The van der Waals surface area contributed by atoms with E-state index in [1.807, 2.05) is 47.4 Å². The van der Waals surface area contributed by atoms with Gasteiger partial charge in [-0.2, -0.15) is 0 Å². The van der Waals surface area contributed by atoms with E-state index in [0.717, 1.165) is 43.6 Å². The average Bonchev–Trinajstić information content (AvgIpc) is 2.94. The average molecular weight is 419 g/mol. The molecule has 0 bridgehead atoms. The van der Waals surface area contributed by atoms with Crippen molar-refractivity contribution in [2.24, 2.45) is 10.7 Å². The third-order valence-electron chi connectivity index (χ3n) is 5.13. The minimum absolute atomic E-state index is 0.00666. The second-order valence-corrected chi connectivity index (χ2v) is 7.69. The second-order valence-electron chi connectivity index (χ2n) is 7.69. The number of para-hydroxylation sites is 1. The summed E-state index contributed by atoms with van der Waals surface area (Å²) in [7, 11) is 0. The molecule has 2 amide bonds. The van der Waals surface area contributed by atoms with Crippen LogP contribution in [0.4, 0.5) is 11.4 Å². The number of nitrogens with one attached hydrogen (secondary N) is 1. The summed E-state index contributed by atoms with van der Waals surface area (Å²) in [4.78, 5) is 32.2. The van der Waals surface area contributed by atoms with E-state index in [2.05, 4.69) is 24.2 Å². The standard InChI is InChI=1S/C25H30N4O2/c1-3-5-14-29(13-4-2)25(31)20-15-18-11-12-19(16-22(18)28-23(26)17-20)24(30)27-21-9-7-6-8-10-21/h6-12,15-16H,3-5,13-14,17H2,1-2H3,(H2,26,28)(H,27,30). The van der Waals surface area contributed by atoms with E-state index in [9.17, 15) is 9.59 Å². The zero-order chi connectivity index (χ0) is 22.2. The van der Waals surface area contributed by atoms with Crippen molar-refractivity contribution in [3.05, 3.63) is 65.2 Å². The molecule has 3 rings (SSSR count). The summed E-state index contributed by atoms with van der Waals surface area (Å²) in [6, 6.07) is 14.6. The maximum absolute atomic E-state index is 13.2. The second kappa shape index (κ2) is 10.6. The lowest BCUT2D eigenvalue weighted by molar-refractivity contribution is -0.127. The summed E-state index contributed by atoms with van der Waals surface area (Å²) in [5.74, 6) is 0.152. The molecule has 0 atom stereocenters. The molecule has 0 spiro atoms. The number of hydrogen-bond acceptors (Lipinski definition) is 4. The summed E-state index contributed by atoms with van der Waals surface area (Å²) in [5.41, 5.74) is 9.36. The van der Waals surface area contributed by atoms with Crippen molar-refractivity contribution >= 4 is 35.1 Å². The highest BCUT2D eigenvalue weighted by molar-refractivity contribution is 6.07. The van der Waals surface area contributed by atoms with Gasteiger partial charge < -0.3 is 16.0 Å². The molecular formula is C25H30N4O2. The molecule has 0 aromatic heterocycles. The molecule has 3 N–H and O–H groups in total. The van der Waals surface area contributed by atoms with Crippen LogP contribution in [0, 0.1) is 0 Å². The monoisotopic (exact) mass is 418 g/mol. The Hall–Kier alpha value is -3.41. The number of carbonyl (C=O) groups excluding carboxylic acids is 2. The summed E-state index contributed by atoms with van der Waals surface area (Å²) in [6.45, 7) is 5.65. The van der Waals surface area contributed by atoms with E-state index in [0.29, 0.717) is 29.1 Å². The van der Waals surface area contributed by atoms with E-state index in [1.165, 1.54) is 0 Å². The molecule has 1 heterocycles. The van der Waals surface area contributed by atoms with Crippen LogP contribution in [0.2, 0.25) is 0 Å². The van der Waals surface area contributed by atoms with Crippen LogP contribution in [-0.2, 0) is 4.79 Å². The fraction of sp³-hybridized carbons (Fsp3) is 0.320. The van der Waals surface area contributed by atoms with E-state index in [4.69, 9.17) is 5.73 Å². The maximum atomic E-state index is 13.2. The van der Waals surface area contributed by atoms with Crippen molar-refractivity contribution in [3.63, 3.8) is 0 Å². The third kappa shape index (κ3) is 5.81. The lowest BCUT2D eigenvalue weighted by atomic mass is 10.0. The molecule has 2 aromatic rings. The first-order chi connectivity index (χ1) is 15.0. The van der Waals surface area contributed by atoms with Crippen molar-refractivity contribution in [3.8, 4) is 0 Å². The normalized spacial score (nSPS) is 12.8. The summed E-state index contributed by atoms with van der Waals surface area (Å²) in [5, 5.41) is 2.87. The number of aliphatic imine (C=N–C) groups is 1. The van der Waals surface area contributed by atoms with Crippen LogP contribution < -0.4 is 11.1 Å². The van der Waals surface area contributed by atoms with E-state index >= 15 is 0 Å². The van der Waals surface area contributed by atoms with Crippen LogP contribution in [0.3, 0.4) is 0 Å². The van der Waals surface area contributed by atoms with Crippen LogP contribution in [-0.4, -0.2) is 35.6 Å². The minimum atomic E-state index is -0.221. The van der Waals surface area contributed by atoms with Crippen molar-refractivity contribution in [2.45, 2.75) is 39.5 Å². The quantitative estimate of drug-likeness (QED) is 0.648. The molecular weight excluding hydrogens is 388 g/mol. The fourth-order valence-electron chi connectivity index (χ4n) is 3.53. The minimum Gasteiger partial charge on any atom is -0.387 e. The van der Waals surface area contributed by atoms with Crippen molar-refractivity contribution in [2.75, 3.05) is 18.4 Å². The number of unbranched alkanes of at least 4 members (excludes halogenated alkanes) is 1. The van der Waals surface area contributed by atoms with Gasteiger partial charge in [0.15, 0.2) is 0 Å². The van der Waals surface area contributed by atoms with Crippen molar-refractivity contribution in [1.29, 1.82) is 0 Å². The van der Waals surface area contributed by atoms with Gasteiger partial charge in [-0.05, 0) is 43.2 Å². The van der Waals surface area contributed by atoms with Crippen molar-refractivity contribution in [1.82, 2.24) is 4.90 Å². The number of carbonyl (C=O) groups is 2. The highest BCUT2D eigenvalue weighted by Gasteiger charge is 2.21. The molecule has 1 aliphatic heterocycles. The molecule has 6 heteroatoms. The van der Waals surface area contributed by atoms with Gasteiger partial charge in [0, 0.05) is 41.9 Å². The van der Waals surface area contributed by atoms with Crippen LogP contribution in [0.1, 0.15) is 55.5 Å². The molecule has 0 radical (unpaired) electrons. The molecule has 0 fully saturated rings. The highest BCUT2D eigenvalue weighted by Crippen LogP contribution is 2.28. The molecule has 0 unspecified atom stereocenters. The van der Waals surface area contributed by atoms with Gasteiger partial charge in [0.1, 0.15) is 5.84 Å². The Morgan fingerprint density at radius 3 is 2.55 bits per heavy atom. The van der Waals surface area contributed by atoms with Gasteiger partial charge in [-0.15, -0.1) is 0 Å². The lowest BCUT2D eigenvalue weighted by Gasteiger charge is -2.23. The number of amidine groups is 1. The number of anilines is 1. The predicted molar refractivity (Wildman–Crippen MR) is 126 cm³/mol. The largest absolute Gasteiger partial charge is 0.387 e. The van der Waals surface area contributed by atoms with Crippen LogP contribution in [0.15, 0.2) is 59.1 Å². The summed E-state index contributed by atoms with van der Waals surface area (Å²) < 4.78 is 0. The zero-order valence-corrected chi connectivity index (χ0v) is 18.2. The van der Waals surface area contributed by atoms with Crippen LogP contribution in [0.5, 0.6) is 0 Å². The van der Waals surface area contributed by atoms with Crippen molar-refractivity contribution < 1.29 is 9.59 Å². The molecule has 0 saturated carbocycles. The first kappa shape index (κ1) is 22.3. The van der Waals surface area contributed by atoms with Gasteiger partial charge in [-0.25, -0.2) is 4.99 Å². The number of nitrogens with zero attached hydrogens (tertiary/aromatic N) is 2. The van der Waals surface area contributed by atoms with Gasteiger partial charge >= 0.3 is 0 Å². The molecule has 0 saturated heterocycles. The number of nitrogens with two attached hydrogens (primary N) is 1. The topological polar surface area (TPSA) is 87.8 Å². The first-order valence-electron chi connectivity index (χ1n) is 10.8. The van der Waals surface area contributed by atoms with Gasteiger partial charge in [0.05, 0.1) is 5.69 Å². The molecule has 31 heavy (non-hydrogen) atoms. The Morgan fingerprint density at radius 1 is 1.06 bits per heavy atom. The number of amides is 2. The van der Waals surface area contributed by atoms with E-state index in [-0.39, 0.29) is 11.8 Å². The molecule has 6 nitrogen and oxygen atoms in total. The summed E-state index contributed by atoms with van der Waals surface area (Å²) >= 11 is 0. The number of rotatable bonds is 8. The van der Waals surface area contributed by atoms with E-state index < -0.39 is 0 Å². The molecule has 2 aromatic carbocycles. The Labute approximate surface area is 183 Å². The number of benzene rings is 2. The summed E-state index contributed by atoms with van der Waals surface area (Å²) in [6.07, 6.45) is 5.06. The molecule has 0 aliphatic carbocycles. The number of fused-ring (bicyclic) bond motifs is 1. The van der Waals surface area contributed by atoms with Gasteiger partial charge in [-0.3, -0.25) is 9.59 Å². The Bertz CT molecular complexity index is 996. The third-order valence-corrected chi connectivity index (χ3v) is 5.13. The van der Waals surface area contributed by atoms with Gasteiger partial charge in [0.25, 0.3) is 5.91 Å². The molecule has 1 aliphatic rings.